The molecule has 0 bridgehead atoms. The van der Waals surface area contributed by atoms with E-state index in [1.54, 1.807) is 0 Å². The molecule has 1 saturated heterocycles. The highest BCUT2D eigenvalue weighted by Crippen LogP contribution is 2.07. The molecule has 16 heavy (non-hydrogen) atoms. The van der Waals surface area contributed by atoms with Gasteiger partial charge in [0.2, 0.25) is 0 Å². The molecule has 1 aliphatic heterocycles. The van der Waals surface area contributed by atoms with Gasteiger partial charge in [0.05, 0.1) is 6.61 Å². The molecule has 1 unspecified atom stereocenters. The maximum absolute atomic E-state index is 5.33. The maximum atomic E-state index is 5.33. The number of hydrogen-bond acceptors (Lipinski definition) is 2. The van der Waals surface area contributed by atoms with Crippen LogP contribution < -0.4 is 5.32 Å². The number of benzene rings is 1. The molecule has 0 aromatic heterocycles. The summed E-state index contributed by atoms with van der Waals surface area (Å²) in [5.41, 5.74) is 2.63. The minimum absolute atomic E-state index is 0.541. The third-order valence-corrected chi connectivity index (χ3v) is 2.81. The van der Waals surface area contributed by atoms with Gasteiger partial charge in [0.15, 0.2) is 0 Å². The molecule has 1 aromatic carbocycles. The molecule has 2 rings (SSSR count). The van der Waals surface area contributed by atoms with Crippen LogP contribution in [0, 0.1) is 0 Å². The minimum Gasteiger partial charge on any atom is -0.380 e. The lowest BCUT2D eigenvalue weighted by atomic mass is 10.1. The van der Waals surface area contributed by atoms with E-state index in [1.807, 2.05) is 6.07 Å². The van der Waals surface area contributed by atoms with Crippen molar-refractivity contribution in [2.75, 3.05) is 19.8 Å². The second-order valence-electron chi connectivity index (χ2n) is 4.34. The molecular weight excluding hydrogens is 198 g/mol. The van der Waals surface area contributed by atoms with Crippen LogP contribution >= 0.6 is 0 Å². The van der Waals surface area contributed by atoms with Gasteiger partial charge in [-0.1, -0.05) is 42.0 Å². The topological polar surface area (TPSA) is 21.3 Å². The summed E-state index contributed by atoms with van der Waals surface area (Å²) in [5.74, 6) is 0. The van der Waals surface area contributed by atoms with Crippen molar-refractivity contribution in [1.29, 1.82) is 0 Å². The highest BCUT2D eigenvalue weighted by molar-refractivity contribution is 5.52. The van der Waals surface area contributed by atoms with Gasteiger partial charge in [0, 0.05) is 19.2 Å². The van der Waals surface area contributed by atoms with Crippen LogP contribution in [0.1, 0.15) is 18.9 Å². The normalized spacial score (nSPS) is 21.3. The Morgan fingerprint density at radius 2 is 2.25 bits per heavy atom. The lowest BCUT2D eigenvalue weighted by Crippen LogP contribution is -2.30. The fourth-order valence-electron chi connectivity index (χ4n) is 1.89. The summed E-state index contributed by atoms with van der Waals surface area (Å²) >= 11 is 0. The molecule has 0 radical (unpaired) electrons. The van der Waals surface area contributed by atoms with Gasteiger partial charge < -0.3 is 10.1 Å². The van der Waals surface area contributed by atoms with E-state index in [2.05, 4.69) is 42.6 Å². The predicted molar refractivity (Wildman–Crippen MR) is 67.3 cm³/mol. The lowest BCUT2D eigenvalue weighted by molar-refractivity contribution is 0.190. The summed E-state index contributed by atoms with van der Waals surface area (Å²) in [5, 5.41) is 3.51. The Morgan fingerprint density at radius 1 is 1.44 bits per heavy atom. The third kappa shape index (κ3) is 3.47. The molecule has 2 nitrogen and oxygen atoms in total. The van der Waals surface area contributed by atoms with Crippen LogP contribution in [-0.2, 0) is 4.74 Å². The molecule has 1 atom stereocenters. The van der Waals surface area contributed by atoms with Crippen molar-refractivity contribution in [3.63, 3.8) is 0 Å². The van der Waals surface area contributed by atoms with Crippen molar-refractivity contribution in [1.82, 2.24) is 5.32 Å². The van der Waals surface area contributed by atoms with Gasteiger partial charge in [-0.05, 0) is 18.9 Å². The van der Waals surface area contributed by atoms with Gasteiger partial charge in [-0.3, -0.25) is 0 Å². The predicted octanol–water partition coefficient (Wildman–Crippen LogP) is 2.47. The van der Waals surface area contributed by atoms with E-state index >= 15 is 0 Å². The molecule has 1 aliphatic rings. The Morgan fingerprint density at radius 3 is 2.94 bits per heavy atom. The van der Waals surface area contributed by atoms with E-state index in [9.17, 15) is 0 Å². The first-order valence-electron chi connectivity index (χ1n) is 5.88. The van der Waals surface area contributed by atoms with Crippen LogP contribution in [-0.4, -0.2) is 25.8 Å². The van der Waals surface area contributed by atoms with E-state index < -0.39 is 0 Å². The van der Waals surface area contributed by atoms with E-state index in [0.717, 1.165) is 26.2 Å². The molecule has 0 saturated carbocycles. The lowest BCUT2D eigenvalue weighted by Gasteiger charge is -2.10. The molecule has 1 N–H and O–H groups in total. The molecule has 1 aromatic rings. The van der Waals surface area contributed by atoms with Crippen LogP contribution in [0.5, 0.6) is 0 Å². The summed E-state index contributed by atoms with van der Waals surface area (Å²) in [7, 11) is 0. The molecule has 1 fully saturated rings. The Kier molecular flexibility index (Phi) is 4.14. The van der Waals surface area contributed by atoms with Crippen LogP contribution in [0.2, 0.25) is 0 Å². The zero-order valence-corrected chi connectivity index (χ0v) is 9.78. The van der Waals surface area contributed by atoms with E-state index in [-0.39, 0.29) is 0 Å². The second kappa shape index (κ2) is 5.83. The van der Waals surface area contributed by atoms with Gasteiger partial charge >= 0.3 is 0 Å². The minimum atomic E-state index is 0.541. The largest absolute Gasteiger partial charge is 0.380 e. The first kappa shape index (κ1) is 11.4. The molecule has 0 spiro atoms. The quantitative estimate of drug-likeness (QED) is 0.836. The molecule has 0 aliphatic carbocycles. The number of rotatable bonds is 4. The Bertz CT molecular complexity index is 339. The van der Waals surface area contributed by atoms with Crippen molar-refractivity contribution in [3.8, 4) is 0 Å². The van der Waals surface area contributed by atoms with Gasteiger partial charge in [-0.15, -0.1) is 0 Å². The van der Waals surface area contributed by atoms with Gasteiger partial charge in [-0.2, -0.15) is 0 Å². The Hall–Kier alpha value is -1.12. The molecule has 86 valence electrons. The zero-order valence-electron chi connectivity index (χ0n) is 9.78. The van der Waals surface area contributed by atoms with Crippen LogP contribution in [0.4, 0.5) is 0 Å². The van der Waals surface area contributed by atoms with Crippen LogP contribution in [0.25, 0.3) is 6.08 Å². The Labute approximate surface area is 97.3 Å². The molecule has 1 heterocycles. The fraction of sp³-hybridized carbons (Fsp3) is 0.429. The summed E-state index contributed by atoms with van der Waals surface area (Å²) in [6, 6.07) is 11.0. The average Bonchev–Trinajstić information content (AvgIpc) is 2.81. The fourth-order valence-corrected chi connectivity index (χ4v) is 1.89. The van der Waals surface area contributed by atoms with Gasteiger partial charge in [-0.25, -0.2) is 0 Å². The standard InChI is InChI=1S/C14H19NO/c1-12(9-13-5-3-2-4-6-13)10-15-14-7-8-16-11-14/h2-6,9,14-15H,7-8,10-11H2,1H3/b12-9-. The smallest absolute Gasteiger partial charge is 0.0620 e. The number of ether oxygens (including phenoxy) is 1. The first-order chi connectivity index (χ1) is 7.84. The highest BCUT2D eigenvalue weighted by Gasteiger charge is 2.13. The van der Waals surface area contributed by atoms with Gasteiger partial charge in [0.1, 0.15) is 0 Å². The second-order valence-corrected chi connectivity index (χ2v) is 4.34. The average molecular weight is 217 g/mol. The van der Waals surface area contributed by atoms with Crippen LogP contribution in [0.3, 0.4) is 0 Å². The third-order valence-electron chi connectivity index (χ3n) is 2.81. The van der Waals surface area contributed by atoms with Crippen LogP contribution in [0.15, 0.2) is 35.9 Å². The SMILES string of the molecule is C/C(=C/c1ccccc1)CNC1CCOC1. The van der Waals surface area contributed by atoms with Crippen molar-refractivity contribution >= 4 is 6.08 Å². The first-order valence-corrected chi connectivity index (χ1v) is 5.88. The van der Waals surface area contributed by atoms with E-state index in [1.165, 1.54) is 11.1 Å². The monoisotopic (exact) mass is 217 g/mol. The summed E-state index contributed by atoms with van der Waals surface area (Å²) in [4.78, 5) is 0. The summed E-state index contributed by atoms with van der Waals surface area (Å²) < 4.78 is 5.33. The number of nitrogens with one attached hydrogen (secondary N) is 1. The van der Waals surface area contributed by atoms with Crippen molar-refractivity contribution in [3.05, 3.63) is 41.5 Å². The van der Waals surface area contributed by atoms with Crippen molar-refractivity contribution in [2.24, 2.45) is 0 Å². The Balaban J connectivity index is 1.82. The number of hydrogen-bond donors (Lipinski definition) is 1. The summed E-state index contributed by atoms with van der Waals surface area (Å²) in [6.07, 6.45) is 3.36. The highest BCUT2D eigenvalue weighted by atomic mass is 16.5. The molecular formula is C14H19NO. The zero-order chi connectivity index (χ0) is 11.2. The molecule has 2 heteroatoms. The maximum Gasteiger partial charge on any atom is 0.0620 e. The van der Waals surface area contributed by atoms with Crippen molar-refractivity contribution in [2.45, 2.75) is 19.4 Å². The molecule has 0 amide bonds. The van der Waals surface area contributed by atoms with E-state index in [0.29, 0.717) is 6.04 Å². The van der Waals surface area contributed by atoms with Gasteiger partial charge in [0.25, 0.3) is 0 Å². The van der Waals surface area contributed by atoms with Crippen molar-refractivity contribution < 1.29 is 4.74 Å². The summed E-state index contributed by atoms with van der Waals surface area (Å²) in [6.45, 7) is 4.87. The van der Waals surface area contributed by atoms with E-state index in [4.69, 9.17) is 4.74 Å².